The number of hydrogen-bond acceptors (Lipinski definition) is 6. The van der Waals surface area contributed by atoms with Crippen molar-refractivity contribution in [2.45, 2.75) is 63.0 Å². The molecule has 3 fully saturated rings. The second kappa shape index (κ2) is 5.81. The number of ketones is 2. The number of Topliss-reactive ketones (excluding diaryl/α,β-unsaturated/α-hetero) is 1. The normalized spacial score (nSPS) is 52.5. The maximum atomic E-state index is 16.8. The predicted octanol–water partition coefficient (Wildman–Crippen LogP) is 0.620. The molecule has 8 atom stereocenters. The van der Waals surface area contributed by atoms with E-state index in [9.17, 15) is 30.0 Å². The molecule has 0 saturated heterocycles. The van der Waals surface area contributed by atoms with Gasteiger partial charge in [0.2, 0.25) is 0 Å². The van der Waals surface area contributed by atoms with Crippen LogP contribution in [0.15, 0.2) is 23.8 Å². The molecule has 0 spiro atoms. The molecule has 154 valence electrons. The van der Waals surface area contributed by atoms with Gasteiger partial charge in [-0.25, -0.2) is 4.39 Å². The number of alkyl halides is 1. The van der Waals surface area contributed by atoms with Gasteiger partial charge in [-0.15, -0.1) is 0 Å². The van der Waals surface area contributed by atoms with Crippen LogP contribution in [0, 0.1) is 22.7 Å². The second-order valence-electron chi connectivity index (χ2n) is 9.36. The zero-order valence-corrected chi connectivity index (χ0v) is 16.1. The van der Waals surface area contributed by atoms with Gasteiger partial charge in [0.25, 0.3) is 0 Å². The van der Waals surface area contributed by atoms with Crippen molar-refractivity contribution in [3.05, 3.63) is 23.8 Å². The van der Waals surface area contributed by atoms with E-state index in [1.807, 2.05) is 0 Å². The molecule has 0 amide bonds. The Balaban J connectivity index is 1.84. The first-order valence-electron chi connectivity index (χ1n) is 9.82. The van der Waals surface area contributed by atoms with Crippen molar-refractivity contribution < 1.29 is 34.4 Å². The van der Waals surface area contributed by atoms with Crippen LogP contribution in [-0.2, 0) is 9.59 Å². The van der Waals surface area contributed by atoms with E-state index in [0.717, 1.165) is 0 Å². The third-order valence-corrected chi connectivity index (χ3v) is 8.43. The molecule has 4 rings (SSSR count). The first-order chi connectivity index (χ1) is 13.0. The van der Waals surface area contributed by atoms with E-state index in [0.29, 0.717) is 18.4 Å². The van der Waals surface area contributed by atoms with Crippen LogP contribution < -0.4 is 0 Å². The number of carbonyl (C=O) groups is 2. The molecule has 0 heterocycles. The molecule has 0 bridgehead atoms. The molecular weight excluding hydrogens is 367 g/mol. The van der Waals surface area contributed by atoms with Crippen molar-refractivity contribution in [2.75, 3.05) is 6.61 Å². The summed E-state index contributed by atoms with van der Waals surface area (Å²) in [6.45, 7) is 2.33. The van der Waals surface area contributed by atoms with E-state index >= 15 is 4.39 Å². The lowest BCUT2D eigenvalue weighted by atomic mass is 9.44. The summed E-state index contributed by atoms with van der Waals surface area (Å²) < 4.78 is 16.8. The van der Waals surface area contributed by atoms with Crippen LogP contribution in [0.4, 0.5) is 4.39 Å². The number of aliphatic hydroxyl groups is 4. The van der Waals surface area contributed by atoms with Crippen LogP contribution in [0.1, 0.15) is 39.5 Å². The minimum atomic E-state index is -2.23. The van der Waals surface area contributed by atoms with Gasteiger partial charge in [0.05, 0.1) is 12.2 Å². The largest absolute Gasteiger partial charge is 0.390 e. The monoisotopic (exact) mass is 394 g/mol. The molecule has 0 aromatic carbocycles. The van der Waals surface area contributed by atoms with Gasteiger partial charge < -0.3 is 20.4 Å². The first-order valence-corrected chi connectivity index (χ1v) is 9.82. The van der Waals surface area contributed by atoms with Crippen LogP contribution >= 0.6 is 0 Å². The van der Waals surface area contributed by atoms with Gasteiger partial charge in [-0.3, -0.25) is 9.59 Å². The van der Waals surface area contributed by atoms with Crippen molar-refractivity contribution in [1.82, 2.24) is 0 Å². The third kappa shape index (κ3) is 2.01. The maximum Gasteiger partial charge on any atom is 0.192 e. The average Bonchev–Trinajstić information content (AvgIpc) is 2.84. The summed E-state index contributed by atoms with van der Waals surface area (Å²) in [5.74, 6) is -2.38. The number of hydrogen-bond donors (Lipinski definition) is 4. The van der Waals surface area contributed by atoms with Crippen molar-refractivity contribution in [3.63, 3.8) is 0 Å². The smallest absolute Gasteiger partial charge is 0.192 e. The molecular formula is C21H27FO6. The van der Waals surface area contributed by atoms with Crippen LogP contribution in [0.5, 0.6) is 0 Å². The molecule has 2 unspecified atom stereocenters. The predicted molar refractivity (Wildman–Crippen MR) is 96.8 cm³/mol. The lowest BCUT2D eigenvalue weighted by Gasteiger charge is -2.62. The van der Waals surface area contributed by atoms with E-state index in [1.54, 1.807) is 13.8 Å². The number of halogens is 1. The maximum absolute atomic E-state index is 16.8. The van der Waals surface area contributed by atoms with E-state index in [4.69, 9.17) is 0 Å². The van der Waals surface area contributed by atoms with Gasteiger partial charge in [0, 0.05) is 16.7 Å². The number of rotatable bonds is 2. The highest BCUT2D eigenvalue weighted by Gasteiger charge is 2.76. The molecule has 6 nitrogen and oxygen atoms in total. The van der Waals surface area contributed by atoms with Gasteiger partial charge in [0.15, 0.2) is 22.8 Å². The Morgan fingerprint density at radius 3 is 2.57 bits per heavy atom. The van der Waals surface area contributed by atoms with Crippen molar-refractivity contribution >= 4 is 11.6 Å². The second-order valence-corrected chi connectivity index (χ2v) is 9.36. The summed E-state index contributed by atoms with van der Waals surface area (Å²) in [6, 6.07) is 0. The fourth-order valence-corrected chi connectivity index (χ4v) is 6.85. The Morgan fingerprint density at radius 2 is 1.93 bits per heavy atom. The van der Waals surface area contributed by atoms with Gasteiger partial charge in [-0.2, -0.15) is 0 Å². The molecule has 0 radical (unpaired) electrons. The van der Waals surface area contributed by atoms with Gasteiger partial charge in [-0.05, 0) is 50.7 Å². The third-order valence-electron chi connectivity index (χ3n) is 8.43. The summed E-state index contributed by atoms with van der Waals surface area (Å²) in [7, 11) is 0. The highest BCUT2D eigenvalue weighted by Crippen LogP contribution is 2.69. The summed E-state index contributed by atoms with van der Waals surface area (Å²) in [5, 5.41) is 42.1. The molecule has 7 heteroatoms. The quantitative estimate of drug-likeness (QED) is 0.546. The Bertz CT molecular complexity index is 807. The fraction of sp³-hybridized carbons (Fsp3) is 0.714. The topological polar surface area (TPSA) is 115 Å². The molecule has 3 saturated carbocycles. The van der Waals surface area contributed by atoms with Crippen molar-refractivity contribution in [1.29, 1.82) is 0 Å². The van der Waals surface area contributed by atoms with Crippen molar-refractivity contribution in [3.8, 4) is 0 Å². The van der Waals surface area contributed by atoms with Crippen LogP contribution in [0.25, 0.3) is 0 Å². The number of aliphatic hydroxyl groups excluding tert-OH is 3. The first kappa shape index (κ1) is 19.9. The lowest BCUT2D eigenvalue weighted by Crippen LogP contribution is -2.69. The Labute approximate surface area is 162 Å². The van der Waals surface area contributed by atoms with Gasteiger partial charge >= 0.3 is 0 Å². The number of fused-ring (bicyclic) bond motifs is 5. The number of carbonyl (C=O) groups excluding carboxylic acids is 2. The van der Waals surface area contributed by atoms with Gasteiger partial charge in [0.1, 0.15) is 6.61 Å². The molecule has 4 aliphatic carbocycles. The minimum Gasteiger partial charge on any atom is -0.390 e. The molecule has 0 aliphatic heterocycles. The molecule has 0 aromatic rings. The number of allylic oxidation sites excluding steroid dienone is 4. The van der Waals surface area contributed by atoms with Crippen molar-refractivity contribution in [2.24, 2.45) is 22.7 Å². The fourth-order valence-electron chi connectivity index (χ4n) is 6.85. The standard InChI is InChI=1S/C21H27FO6/c1-18-6-5-12(24)7-11(18)3-4-13-14-8-15(25)21(28,17(27)10-23)19(14,2)9-16(26)20(13,18)22/h5-7,13-16,23,25-26,28H,3-4,8-10H2,1-2H3/t13-,14-,15?,16?,18-,19-,20-,21-/m0/s1. The Hall–Kier alpha value is -1.41. The van der Waals surface area contributed by atoms with E-state index in [1.165, 1.54) is 18.2 Å². The lowest BCUT2D eigenvalue weighted by molar-refractivity contribution is -0.222. The zero-order valence-electron chi connectivity index (χ0n) is 16.1. The Morgan fingerprint density at radius 1 is 1.25 bits per heavy atom. The molecule has 28 heavy (non-hydrogen) atoms. The van der Waals surface area contributed by atoms with E-state index in [2.05, 4.69) is 0 Å². The minimum absolute atomic E-state index is 0.0135. The van der Waals surface area contributed by atoms with Crippen LogP contribution in [0.2, 0.25) is 0 Å². The van der Waals surface area contributed by atoms with Crippen LogP contribution in [0.3, 0.4) is 0 Å². The summed E-state index contributed by atoms with van der Waals surface area (Å²) in [6.07, 6.45) is 1.93. The van der Waals surface area contributed by atoms with Crippen LogP contribution in [-0.4, -0.2) is 62.1 Å². The van der Waals surface area contributed by atoms with Gasteiger partial charge in [-0.1, -0.05) is 18.6 Å². The molecule has 4 aliphatic rings. The summed E-state index contributed by atoms with van der Waals surface area (Å²) in [4.78, 5) is 24.2. The molecule has 0 aromatic heterocycles. The summed E-state index contributed by atoms with van der Waals surface area (Å²) >= 11 is 0. The zero-order chi connectivity index (χ0) is 20.7. The molecule has 4 N–H and O–H groups in total. The Kier molecular flexibility index (Phi) is 4.13. The SMILES string of the molecule is C[C@]12C=CC(=O)C=C1CC[C@H]1[C@@H]3CC(O)[C@](O)(C(=O)CO)[C@@]3(C)CC(O)[C@@]12F. The van der Waals surface area contributed by atoms with E-state index < -0.39 is 58.5 Å². The van der Waals surface area contributed by atoms with E-state index in [-0.39, 0.29) is 18.6 Å². The highest BCUT2D eigenvalue weighted by atomic mass is 19.1. The average molecular weight is 394 g/mol. The highest BCUT2D eigenvalue weighted by molar-refractivity contribution is 6.01. The summed E-state index contributed by atoms with van der Waals surface area (Å²) in [5.41, 5.74) is -6.12.